The van der Waals surface area contributed by atoms with Crippen LogP contribution in [0, 0.1) is 0 Å². The minimum absolute atomic E-state index is 0.232. The van der Waals surface area contributed by atoms with Crippen LogP contribution >= 0.6 is 0 Å². The molecule has 0 atom stereocenters. The first-order chi connectivity index (χ1) is 13.3. The van der Waals surface area contributed by atoms with Gasteiger partial charge in [-0.3, -0.25) is 4.79 Å². The molecule has 0 fully saturated rings. The van der Waals surface area contributed by atoms with Gasteiger partial charge in [-0.2, -0.15) is 0 Å². The molecule has 0 bridgehead atoms. The number of aromatic nitrogens is 2. The van der Waals surface area contributed by atoms with Crippen LogP contribution in [-0.2, 0) is 6.54 Å². The Balaban J connectivity index is 1.37. The van der Waals surface area contributed by atoms with Crippen molar-refractivity contribution in [2.45, 2.75) is 6.54 Å². The Bertz CT molecular complexity index is 930. The van der Waals surface area contributed by atoms with Crippen molar-refractivity contribution in [2.24, 2.45) is 0 Å². The molecule has 0 saturated heterocycles. The zero-order valence-corrected chi connectivity index (χ0v) is 14.5. The van der Waals surface area contributed by atoms with E-state index in [4.69, 9.17) is 9.47 Å². The van der Waals surface area contributed by atoms with Crippen molar-refractivity contribution in [3.8, 4) is 11.5 Å². The van der Waals surface area contributed by atoms with Crippen molar-refractivity contribution >= 4 is 17.4 Å². The summed E-state index contributed by atoms with van der Waals surface area (Å²) >= 11 is 0. The average Bonchev–Trinajstić information content (AvgIpc) is 2.73. The fourth-order valence-corrected chi connectivity index (χ4v) is 2.64. The first-order valence-electron chi connectivity index (χ1n) is 8.59. The summed E-state index contributed by atoms with van der Waals surface area (Å²) in [6.07, 6.45) is 2.99. The standard InChI is InChI=1S/C20H18N4O3/c25-20(24-15-6-7-17-18(10-15)27-9-8-26-17)16-12-23-19(13-21-16)22-11-14-4-2-1-3-5-14/h1-7,10,12-13H,8-9,11H2,(H,22,23)(H,24,25). The number of carbonyl (C=O) groups is 1. The average molecular weight is 362 g/mol. The molecule has 7 heteroatoms. The lowest BCUT2D eigenvalue weighted by molar-refractivity contribution is 0.102. The van der Waals surface area contributed by atoms with E-state index in [1.807, 2.05) is 30.3 Å². The third-order valence-corrected chi connectivity index (χ3v) is 4.00. The first-order valence-corrected chi connectivity index (χ1v) is 8.59. The summed E-state index contributed by atoms with van der Waals surface area (Å²) in [5.74, 6) is 1.56. The maximum absolute atomic E-state index is 12.4. The number of nitrogens with one attached hydrogen (secondary N) is 2. The second kappa shape index (κ2) is 7.74. The predicted molar refractivity (Wildman–Crippen MR) is 101 cm³/mol. The van der Waals surface area contributed by atoms with Gasteiger partial charge in [0.1, 0.15) is 24.7 Å². The highest BCUT2D eigenvalue weighted by atomic mass is 16.6. The fourth-order valence-electron chi connectivity index (χ4n) is 2.64. The second-order valence-electron chi connectivity index (χ2n) is 5.94. The highest BCUT2D eigenvalue weighted by Crippen LogP contribution is 2.32. The number of rotatable bonds is 5. The summed E-state index contributed by atoms with van der Waals surface area (Å²) in [6, 6.07) is 15.2. The van der Waals surface area contributed by atoms with Gasteiger partial charge in [-0.15, -0.1) is 0 Å². The molecular formula is C20H18N4O3. The van der Waals surface area contributed by atoms with Gasteiger partial charge in [0.15, 0.2) is 11.5 Å². The molecule has 0 aliphatic carbocycles. The summed E-state index contributed by atoms with van der Waals surface area (Å²) in [6.45, 7) is 1.66. The van der Waals surface area contributed by atoms with Crippen molar-refractivity contribution < 1.29 is 14.3 Å². The maximum Gasteiger partial charge on any atom is 0.275 e. The molecule has 0 saturated carbocycles. The molecule has 1 amide bonds. The molecule has 0 unspecified atom stereocenters. The number of fused-ring (bicyclic) bond motifs is 1. The Hall–Kier alpha value is -3.61. The quantitative estimate of drug-likeness (QED) is 0.725. The Morgan fingerprint density at radius 3 is 2.56 bits per heavy atom. The minimum atomic E-state index is -0.339. The number of hydrogen-bond acceptors (Lipinski definition) is 6. The highest BCUT2D eigenvalue weighted by Gasteiger charge is 2.14. The number of benzene rings is 2. The molecule has 3 aromatic rings. The number of carbonyl (C=O) groups excluding carboxylic acids is 1. The van der Waals surface area contributed by atoms with E-state index in [0.717, 1.165) is 5.56 Å². The molecule has 0 radical (unpaired) electrons. The summed E-state index contributed by atoms with van der Waals surface area (Å²) in [5, 5.41) is 5.96. The lowest BCUT2D eigenvalue weighted by Gasteiger charge is -2.18. The van der Waals surface area contributed by atoms with Gasteiger partial charge < -0.3 is 20.1 Å². The van der Waals surface area contributed by atoms with Crippen molar-refractivity contribution in [3.05, 3.63) is 72.2 Å². The van der Waals surface area contributed by atoms with Crippen LogP contribution < -0.4 is 20.1 Å². The van der Waals surface area contributed by atoms with Crippen LogP contribution in [0.3, 0.4) is 0 Å². The summed E-state index contributed by atoms with van der Waals surface area (Å²) in [4.78, 5) is 20.8. The molecule has 7 nitrogen and oxygen atoms in total. The van der Waals surface area contributed by atoms with Crippen LogP contribution in [-0.4, -0.2) is 29.1 Å². The van der Waals surface area contributed by atoms with E-state index in [0.29, 0.717) is 42.8 Å². The molecule has 1 aliphatic heterocycles. The molecule has 2 aromatic carbocycles. The van der Waals surface area contributed by atoms with Gasteiger partial charge in [-0.05, 0) is 17.7 Å². The Morgan fingerprint density at radius 2 is 1.78 bits per heavy atom. The lowest BCUT2D eigenvalue weighted by atomic mass is 10.2. The molecule has 0 spiro atoms. The van der Waals surface area contributed by atoms with Crippen molar-refractivity contribution in [1.82, 2.24) is 9.97 Å². The van der Waals surface area contributed by atoms with E-state index in [1.54, 1.807) is 24.4 Å². The number of anilines is 2. The van der Waals surface area contributed by atoms with E-state index in [2.05, 4.69) is 20.6 Å². The van der Waals surface area contributed by atoms with E-state index < -0.39 is 0 Å². The van der Waals surface area contributed by atoms with Crippen molar-refractivity contribution in [1.29, 1.82) is 0 Å². The lowest BCUT2D eigenvalue weighted by Crippen LogP contribution is -2.17. The number of hydrogen-bond donors (Lipinski definition) is 2. The van der Waals surface area contributed by atoms with Crippen LogP contribution in [0.4, 0.5) is 11.5 Å². The van der Waals surface area contributed by atoms with Crippen LogP contribution in [0.2, 0.25) is 0 Å². The third kappa shape index (κ3) is 4.14. The Labute approximate surface area is 156 Å². The zero-order valence-electron chi connectivity index (χ0n) is 14.5. The molecule has 2 heterocycles. The third-order valence-electron chi connectivity index (χ3n) is 4.00. The summed E-state index contributed by atoms with van der Waals surface area (Å²) in [7, 11) is 0. The molecule has 4 rings (SSSR count). The van der Waals surface area contributed by atoms with Gasteiger partial charge in [-0.1, -0.05) is 30.3 Å². The molecule has 136 valence electrons. The first kappa shape index (κ1) is 16.8. The SMILES string of the molecule is O=C(Nc1ccc2c(c1)OCCO2)c1cnc(NCc2ccccc2)cn1. The van der Waals surface area contributed by atoms with Gasteiger partial charge >= 0.3 is 0 Å². The van der Waals surface area contributed by atoms with Crippen molar-refractivity contribution in [2.75, 3.05) is 23.8 Å². The largest absolute Gasteiger partial charge is 0.486 e. The van der Waals surface area contributed by atoms with E-state index in [1.165, 1.54) is 6.20 Å². The van der Waals surface area contributed by atoms with Crippen LogP contribution in [0.5, 0.6) is 11.5 Å². The fraction of sp³-hybridized carbons (Fsp3) is 0.150. The Kier molecular flexibility index (Phi) is 4.82. The van der Waals surface area contributed by atoms with Crippen LogP contribution in [0.25, 0.3) is 0 Å². The zero-order chi connectivity index (χ0) is 18.5. The molecular weight excluding hydrogens is 344 g/mol. The number of nitrogens with zero attached hydrogens (tertiary/aromatic N) is 2. The molecule has 1 aliphatic rings. The Morgan fingerprint density at radius 1 is 0.963 bits per heavy atom. The molecule has 2 N–H and O–H groups in total. The van der Waals surface area contributed by atoms with Gasteiger partial charge in [0.2, 0.25) is 0 Å². The van der Waals surface area contributed by atoms with Crippen LogP contribution in [0.1, 0.15) is 16.1 Å². The normalized spacial score (nSPS) is 12.3. The van der Waals surface area contributed by atoms with E-state index >= 15 is 0 Å². The monoisotopic (exact) mass is 362 g/mol. The van der Waals surface area contributed by atoms with E-state index in [9.17, 15) is 4.79 Å². The molecule has 27 heavy (non-hydrogen) atoms. The summed E-state index contributed by atoms with van der Waals surface area (Å²) < 4.78 is 11.0. The van der Waals surface area contributed by atoms with Crippen molar-refractivity contribution in [3.63, 3.8) is 0 Å². The van der Waals surface area contributed by atoms with Gasteiger partial charge in [0.05, 0.1) is 12.4 Å². The maximum atomic E-state index is 12.4. The number of amides is 1. The van der Waals surface area contributed by atoms with E-state index in [-0.39, 0.29) is 11.6 Å². The van der Waals surface area contributed by atoms with Gasteiger partial charge in [0, 0.05) is 18.3 Å². The predicted octanol–water partition coefficient (Wildman–Crippen LogP) is 3.11. The van der Waals surface area contributed by atoms with Gasteiger partial charge in [0.25, 0.3) is 5.91 Å². The van der Waals surface area contributed by atoms with Gasteiger partial charge in [-0.25, -0.2) is 9.97 Å². The summed E-state index contributed by atoms with van der Waals surface area (Å²) in [5.41, 5.74) is 1.98. The van der Waals surface area contributed by atoms with Crippen LogP contribution in [0.15, 0.2) is 60.9 Å². The smallest absolute Gasteiger partial charge is 0.275 e. The second-order valence-corrected chi connectivity index (χ2v) is 5.94. The number of ether oxygens (including phenoxy) is 2. The highest BCUT2D eigenvalue weighted by molar-refractivity contribution is 6.02. The minimum Gasteiger partial charge on any atom is -0.486 e. The molecule has 1 aromatic heterocycles. The topological polar surface area (TPSA) is 85.4 Å².